The summed E-state index contributed by atoms with van der Waals surface area (Å²) in [4.78, 5) is 11.1. The topological polar surface area (TPSA) is 45.5 Å². The zero-order valence-electron chi connectivity index (χ0n) is 9.13. The molecule has 16 heavy (non-hydrogen) atoms. The number of nitrogens with zero attached hydrogens (tertiary/aromatic N) is 4. The summed E-state index contributed by atoms with van der Waals surface area (Å²) in [5.74, 6) is 0.785. The molecule has 0 aromatic carbocycles. The van der Waals surface area contributed by atoms with E-state index in [2.05, 4.69) is 26.3 Å². The Hall–Kier alpha value is -1.46. The van der Waals surface area contributed by atoms with Crippen molar-refractivity contribution in [3.05, 3.63) is 30.4 Å². The van der Waals surface area contributed by atoms with Crippen molar-refractivity contribution < 1.29 is 0 Å². The van der Waals surface area contributed by atoms with Gasteiger partial charge in [-0.1, -0.05) is 0 Å². The fourth-order valence-corrected chi connectivity index (χ4v) is 2.03. The van der Waals surface area contributed by atoms with Gasteiger partial charge in [-0.15, -0.1) is 0 Å². The molecule has 5 heteroatoms. The van der Waals surface area contributed by atoms with Gasteiger partial charge < -0.3 is 5.32 Å². The highest BCUT2D eigenvalue weighted by molar-refractivity contribution is 5.28. The quantitative estimate of drug-likeness (QED) is 0.777. The smallest absolute Gasteiger partial charge is 0.233 e. The third-order valence-corrected chi connectivity index (χ3v) is 2.91. The number of imidazole rings is 1. The van der Waals surface area contributed by atoms with Crippen LogP contribution in [0, 0.1) is 0 Å². The van der Waals surface area contributed by atoms with E-state index in [1.165, 1.54) is 0 Å². The van der Waals surface area contributed by atoms with E-state index in [-0.39, 0.29) is 0 Å². The average molecular weight is 217 g/mol. The molecular weight excluding hydrogens is 202 g/mol. The molecular formula is C11H15N5. The van der Waals surface area contributed by atoms with E-state index in [9.17, 15) is 0 Å². The lowest BCUT2D eigenvalue weighted by molar-refractivity contribution is 0.231. The zero-order valence-corrected chi connectivity index (χ0v) is 9.13. The van der Waals surface area contributed by atoms with Gasteiger partial charge in [-0.05, 0) is 6.07 Å². The minimum Gasteiger partial charge on any atom is -0.314 e. The van der Waals surface area contributed by atoms with E-state index in [1.807, 2.05) is 16.8 Å². The standard InChI is InChI=1S/C11H15N5/c1-5-16-8-4-13-11(16)14-10(1)9-15-6-2-12-3-7-15/h1,4-5,8,12H,2-3,6-7,9H2. The third kappa shape index (κ3) is 1.91. The summed E-state index contributed by atoms with van der Waals surface area (Å²) in [6.07, 6.45) is 5.71. The van der Waals surface area contributed by atoms with Gasteiger partial charge in [-0.2, -0.15) is 0 Å². The van der Waals surface area contributed by atoms with Gasteiger partial charge in [-0.3, -0.25) is 9.30 Å². The first-order valence-corrected chi connectivity index (χ1v) is 5.63. The number of hydrogen-bond donors (Lipinski definition) is 1. The minimum atomic E-state index is 0.785. The van der Waals surface area contributed by atoms with Crippen LogP contribution in [-0.4, -0.2) is 45.4 Å². The molecule has 0 unspecified atom stereocenters. The van der Waals surface area contributed by atoms with Crippen LogP contribution in [-0.2, 0) is 6.54 Å². The predicted molar refractivity (Wildman–Crippen MR) is 61.1 cm³/mol. The Kier molecular flexibility index (Phi) is 2.55. The second kappa shape index (κ2) is 4.19. The molecule has 1 aliphatic rings. The SMILES string of the molecule is c1cn2ccc(CN3CCNCC3)nc2n1. The first kappa shape index (κ1) is 9.74. The van der Waals surface area contributed by atoms with E-state index in [0.717, 1.165) is 44.2 Å². The van der Waals surface area contributed by atoms with Crippen LogP contribution in [0.4, 0.5) is 0 Å². The van der Waals surface area contributed by atoms with Gasteiger partial charge in [0.2, 0.25) is 5.78 Å². The Morgan fingerprint density at radius 3 is 3.00 bits per heavy atom. The van der Waals surface area contributed by atoms with Gasteiger partial charge >= 0.3 is 0 Å². The highest BCUT2D eigenvalue weighted by Crippen LogP contribution is 2.04. The molecule has 1 N–H and O–H groups in total. The lowest BCUT2D eigenvalue weighted by Gasteiger charge is -2.26. The molecule has 1 fully saturated rings. The van der Waals surface area contributed by atoms with E-state index in [4.69, 9.17) is 0 Å². The van der Waals surface area contributed by atoms with Crippen molar-refractivity contribution in [3.63, 3.8) is 0 Å². The lowest BCUT2D eigenvalue weighted by atomic mass is 10.3. The van der Waals surface area contributed by atoms with Crippen molar-refractivity contribution in [3.8, 4) is 0 Å². The predicted octanol–water partition coefficient (Wildman–Crippen LogP) is 0.134. The molecule has 2 aromatic rings. The van der Waals surface area contributed by atoms with E-state index in [0.29, 0.717) is 0 Å². The number of rotatable bonds is 2. The molecule has 0 saturated carbocycles. The van der Waals surface area contributed by atoms with Crippen LogP contribution in [0.15, 0.2) is 24.7 Å². The molecule has 0 bridgehead atoms. The average Bonchev–Trinajstić information content (AvgIpc) is 2.77. The fourth-order valence-electron chi connectivity index (χ4n) is 2.03. The summed E-state index contributed by atoms with van der Waals surface area (Å²) in [6, 6.07) is 2.07. The molecule has 5 nitrogen and oxygen atoms in total. The second-order valence-electron chi connectivity index (χ2n) is 4.08. The summed E-state index contributed by atoms with van der Waals surface area (Å²) in [6.45, 7) is 5.27. The lowest BCUT2D eigenvalue weighted by Crippen LogP contribution is -2.43. The largest absolute Gasteiger partial charge is 0.314 e. The number of fused-ring (bicyclic) bond motifs is 1. The van der Waals surface area contributed by atoms with Crippen LogP contribution >= 0.6 is 0 Å². The summed E-state index contributed by atoms with van der Waals surface area (Å²) >= 11 is 0. The van der Waals surface area contributed by atoms with E-state index < -0.39 is 0 Å². The summed E-state index contributed by atoms with van der Waals surface area (Å²) in [5.41, 5.74) is 1.10. The fraction of sp³-hybridized carbons (Fsp3) is 0.455. The van der Waals surface area contributed by atoms with Crippen LogP contribution in [0.3, 0.4) is 0 Å². The van der Waals surface area contributed by atoms with Crippen molar-refractivity contribution in [2.24, 2.45) is 0 Å². The van der Waals surface area contributed by atoms with Gasteiger partial charge in [0.1, 0.15) is 0 Å². The molecule has 1 aliphatic heterocycles. The molecule has 2 aromatic heterocycles. The maximum absolute atomic E-state index is 4.52. The van der Waals surface area contributed by atoms with Crippen LogP contribution < -0.4 is 5.32 Å². The van der Waals surface area contributed by atoms with Crippen LogP contribution in [0.25, 0.3) is 5.78 Å². The van der Waals surface area contributed by atoms with Crippen LogP contribution in [0.5, 0.6) is 0 Å². The molecule has 0 amide bonds. The van der Waals surface area contributed by atoms with Crippen molar-refractivity contribution in [1.29, 1.82) is 0 Å². The Morgan fingerprint density at radius 1 is 1.25 bits per heavy atom. The Balaban J connectivity index is 1.77. The molecule has 3 rings (SSSR count). The summed E-state index contributed by atoms with van der Waals surface area (Å²) in [5, 5.41) is 3.35. The third-order valence-electron chi connectivity index (χ3n) is 2.91. The van der Waals surface area contributed by atoms with Crippen molar-refractivity contribution in [2.45, 2.75) is 6.54 Å². The van der Waals surface area contributed by atoms with Gasteiger partial charge in [0, 0.05) is 51.3 Å². The van der Waals surface area contributed by atoms with Gasteiger partial charge in [0.05, 0.1) is 5.69 Å². The number of nitrogens with one attached hydrogen (secondary N) is 1. The monoisotopic (exact) mass is 217 g/mol. The zero-order chi connectivity index (χ0) is 10.8. The van der Waals surface area contributed by atoms with Gasteiger partial charge in [0.25, 0.3) is 0 Å². The number of hydrogen-bond acceptors (Lipinski definition) is 4. The Bertz CT molecular complexity index is 472. The van der Waals surface area contributed by atoms with Crippen LogP contribution in [0.1, 0.15) is 5.69 Å². The van der Waals surface area contributed by atoms with Gasteiger partial charge in [-0.25, -0.2) is 9.97 Å². The molecule has 0 spiro atoms. The number of aromatic nitrogens is 3. The van der Waals surface area contributed by atoms with Crippen molar-refractivity contribution >= 4 is 5.78 Å². The highest BCUT2D eigenvalue weighted by Gasteiger charge is 2.10. The van der Waals surface area contributed by atoms with Gasteiger partial charge in [0.15, 0.2) is 0 Å². The van der Waals surface area contributed by atoms with Crippen molar-refractivity contribution in [1.82, 2.24) is 24.6 Å². The Morgan fingerprint density at radius 2 is 2.12 bits per heavy atom. The van der Waals surface area contributed by atoms with E-state index >= 15 is 0 Å². The first-order chi connectivity index (χ1) is 7.92. The molecule has 0 aliphatic carbocycles. The molecule has 84 valence electrons. The molecule has 0 radical (unpaired) electrons. The van der Waals surface area contributed by atoms with E-state index in [1.54, 1.807) is 6.20 Å². The molecule has 3 heterocycles. The highest BCUT2D eigenvalue weighted by atomic mass is 15.2. The Labute approximate surface area is 94.1 Å². The first-order valence-electron chi connectivity index (χ1n) is 5.63. The van der Waals surface area contributed by atoms with Crippen molar-refractivity contribution in [2.75, 3.05) is 26.2 Å². The summed E-state index contributed by atoms with van der Waals surface area (Å²) < 4.78 is 1.93. The maximum atomic E-state index is 4.52. The maximum Gasteiger partial charge on any atom is 0.233 e. The molecule has 1 saturated heterocycles. The minimum absolute atomic E-state index is 0.785. The van der Waals surface area contributed by atoms with Crippen LogP contribution in [0.2, 0.25) is 0 Å². The normalized spacial score (nSPS) is 18.0. The molecule has 0 atom stereocenters. The summed E-state index contributed by atoms with van der Waals surface area (Å²) in [7, 11) is 0. The second-order valence-corrected chi connectivity index (χ2v) is 4.08. The number of piperazine rings is 1.